The lowest BCUT2D eigenvalue weighted by Gasteiger charge is -2.18. The number of carbonyl (C=O) groups is 2. The number of hydrogen-bond acceptors (Lipinski definition) is 2. The fraction of sp³-hybridized carbons (Fsp3) is 0.278. The molecule has 4 heteroatoms. The zero-order valence-corrected chi connectivity index (χ0v) is 23.2. The molecule has 0 aliphatic heterocycles. The van der Waals surface area contributed by atoms with Gasteiger partial charge in [0.1, 0.15) is 0 Å². The molecule has 4 aromatic carbocycles. The molecule has 0 saturated heterocycles. The quantitative estimate of drug-likeness (QED) is 0.159. The minimum atomic E-state index is 0.0499. The SMILES string of the molecule is O=C(CCCCC(=O)NCCC(c1ccccc1)c1ccccc1)NCCC(c1ccccc1)c1ccccc1. The molecule has 4 rings (SSSR count). The summed E-state index contributed by atoms with van der Waals surface area (Å²) >= 11 is 0. The third kappa shape index (κ3) is 9.23. The van der Waals surface area contributed by atoms with Crippen molar-refractivity contribution >= 4 is 11.8 Å². The fourth-order valence-electron chi connectivity index (χ4n) is 5.25. The Balaban J connectivity index is 1.13. The number of hydrogen-bond donors (Lipinski definition) is 2. The van der Waals surface area contributed by atoms with E-state index in [4.69, 9.17) is 0 Å². The Hall–Kier alpha value is -4.18. The third-order valence-electron chi connectivity index (χ3n) is 7.38. The molecule has 0 radical (unpaired) electrons. The standard InChI is InChI=1S/C36H40N2O2/c39-35(37-27-25-33(29-15-5-1-6-16-29)30-17-7-2-8-18-30)23-13-14-24-36(40)38-28-26-34(31-19-9-3-10-20-31)32-21-11-4-12-22-32/h1-12,15-22,33-34H,13-14,23-28H2,(H,37,39)(H,38,40). The average molecular weight is 533 g/mol. The van der Waals surface area contributed by atoms with E-state index in [0.717, 1.165) is 12.8 Å². The van der Waals surface area contributed by atoms with E-state index in [0.29, 0.717) is 38.8 Å². The first-order chi connectivity index (χ1) is 19.7. The van der Waals surface area contributed by atoms with Crippen molar-refractivity contribution in [3.8, 4) is 0 Å². The van der Waals surface area contributed by atoms with Gasteiger partial charge in [0.25, 0.3) is 0 Å². The van der Waals surface area contributed by atoms with Gasteiger partial charge in [-0.25, -0.2) is 0 Å². The summed E-state index contributed by atoms with van der Waals surface area (Å²) in [6.07, 6.45) is 3.98. The van der Waals surface area contributed by atoms with Crippen LogP contribution in [0.3, 0.4) is 0 Å². The van der Waals surface area contributed by atoms with Crippen LogP contribution in [-0.2, 0) is 9.59 Å². The van der Waals surface area contributed by atoms with E-state index < -0.39 is 0 Å². The Bertz CT molecular complexity index is 1100. The molecule has 4 aromatic rings. The lowest BCUT2D eigenvalue weighted by Crippen LogP contribution is -2.26. The second-order valence-corrected chi connectivity index (χ2v) is 10.2. The summed E-state index contributed by atoms with van der Waals surface area (Å²) in [5.41, 5.74) is 5.03. The van der Waals surface area contributed by atoms with E-state index in [1.54, 1.807) is 0 Å². The van der Waals surface area contributed by atoms with Gasteiger partial charge in [0, 0.05) is 37.8 Å². The number of benzene rings is 4. The highest BCUT2D eigenvalue weighted by Crippen LogP contribution is 2.28. The molecule has 0 atom stereocenters. The molecule has 2 amide bonds. The molecule has 40 heavy (non-hydrogen) atoms. The Labute approximate surface area is 238 Å². The van der Waals surface area contributed by atoms with Crippen LogP contribution in [-0.4, -0.2) is 24.9 Å². The Morgan fingerprint density at radius 2 is 0.725 bits per heavy atom. The lowest BCUT2D eigenvalue weighted by atomic mass is 9.88. The van der Waals surface area contributed by atoms with E-state index in [9.17, 15) is 9.59 Å². The molecule has 0 bridgehead atoms. The largest absolute Gasteiger partial charge is 0.356 e. The predicted octanol–water partition coefficient (Wildman–Crippen LogP) is 7.22. The van der Waals surface area contributed by atoms with Crippen LogP contribution >= 0.6 is 0 Å². The first-order valence-electron chi connectivity index (χ1n) is 14.4. The maximum absolute atomic E-state index is 12.4. The van der Waals surface area contributed by atoms with Crippen LogP contribution in [0.5, 0.6) is 0 Å². The molecule has 0 saturated carbocycles. The van der Waals surface area contributed by atoms with Gasteiger partial charge in [-0.2, -0.15) is 0 Å². The smallest absolute Gasteiger partial charge is 0.219 e. The van der Waals surface area contributed by atoms with Crippen LogP contribution < -0.4 is 10.6 Å². The Kier molecular flexibility index (Phi) is 11.6. The highest BCUT2D eigenvalue weighted by atomic mass is 16.2. The summed E-state index contributed by atoms with van der Waals surface area (Å²) in [7, 11) is 0. The van der Waals surface area contributed by atoms with Crippen molar-refractivity contribution in [1.82, 2.24) is 10.6 Å². The first kappa shape index (κ1) is 28.8. The van der Waals surface area contributed by atoms with Crippen LogP contribution in [0, 0.1) is 0 Å². The molecular weight excluding hydrogens is 492 g/mol. The maximum atomic E-state index is 12.4. The fourth-order valence-corrected chi connectivity index (χ4v) is 5.25. The molecule has 0 unspecified atom stereocenters. The summed E-state index contributed by atoms with van der Waals surface area (Å²) < 4.78 is 0. The van der Waals surface area contributed by atoms with Crippen molar-refractivity contribution in [3.05, 3.63) is 144 Å². The van der Waals surface area contributed by atoms with Gasteiger partial charge in [-0.3, -0.25) is 9.59 Å². The first-order valence-corrected chi connectivity index (χ1v) is 14.4. The van der Waals surface area contributed by atoms with E-state index in [2.05, 4.69) is 108 Å². The number of unbranched alkanes of at least 4 members (excludes halogenated alkanes) is 1. The topological polar surface area (TPSA) is 58.2 Å². The van der Waals surface area contributed by atoms with Gasteiger partial charge in [0.2, 0.25) is 11.8 Å². The van der Waals surface area contributed by atoms with E-state index in [-0.39, 0.29) is 23.7 Å². The van der Waals surface area contributed by atoms with Gasteiger partial charge in [0.05, 0.1) is 0 Å². The molecule has 0 heterocycles. The number of nitrogens with one attached hydrogen (secondary N) is 2. The molecule has 0 spiro atoms. The van der Waals surface area contributed by atoms with Crippen molar-refractivity contribution in [2.75, 3.05) is 13.1 Å². The number of amides is 2. The van der Waals surface area contributed by atoms with Crippen molar-refractivity contribution in [2.24, 2.45) is 0 Å². The van der Waals surface area contributed by atoms with Crippen LogP contribution in [0.4, 0.5) is 0 Å². The van der Waals surface area contributed by atoms with Gasteiger partial charge in [0.15, 0.2) is 0 Å². The average Bonchev–Trinajstić information content (AvgIpc) is 3.01. The monoisotopic (exact) mass is 532 g/mol. The minimum absolute atomic E-state index is 0.0499. The maximum Gasteiger partial charge on any atom is 0.219 e. The van der Waals surface area contributed by atoms with Crippen LogP contribution in [0.1, 0.15) is 72.6 Å². The van der Waals surface area contributed by atoms with Gasteiger partial charge in [-0.15, -0.1) is 0 Å². The van der Waals surface area contributed by atoms with Gasteiger partial charge in [-0.1, -0.05) is 121 Å². The van der Waals surface area contributed by atoms with Crippen molar-refractivity contribution in [3.63, 3.8) is 0 Å². The molecular formula is C36H40N2O2. The van der Waals surface area contributed by atoms with Crippen LogP contribution in [0.25, 0.3) is 0 Å². The molecule has 0 fully saturated rings. The summed E-state index contributed by atoms with van der Waals surface area (Å²) in [6.45, 7) is 1.25. The van der Waals surface area contributed by atoms with Crippen LogP contribution in [0.15, 0.2) is 121 Å². The molecule has 4 nitrogen and oxygen atoms in total. The highest BCUT2D eigenvalue weighted by Gasteiger charge is 2.15. The summed E-state index contributed by atoms with van der Waals surface area (Å²) in [5.74, 6) is 0.590. The van der Waals surface area contributed by atoms with Gasteiger partial charge < -0.3 is 10.6 Å². The van der Waals surface area contributed by atoms with E-state index in [1.807, 2.05) is 24.3 Å². The zero-order chi connectivity index (χ0) is 27.8. The third-order valence-corrected chi connectivity index (χ3v) is 7.38. The van der Waals surface area contributed by atoms with Gasteiger partial charge in [-0.05, 0) is 47.9 Å². The molecule has 0 aliphatic carbocycles. The minimum Gasteiger partial charge on any atom is -0.356 e. The normalized spacial score (nSPS) is 10.9. The molecule has 206 valence electrons. The summed E-state index contributed by atoms with van der Waals surface area (Å²) in [5, 5.41) is 6.16. The second kappa shape index (κ2) is 16.0. The van der Waals surface area contributed by atoms with Crippen molar-refractivity contribution in [1.29, 1.82) is 0 Å². The molecule has 0 aliphatic rings. The van der Waals surface area contributed by atoms with Gasteiger partial charge >= 0.3 is 0 Å². The molecule has 0 aromatic heterocycles. The predicted molar refractivity (Wildman–Crippen MR) is 163 cm³/mol. The summed E-state index contributed by atoms with van der Waals surface area (Å²) in [6, 6.07) is 41.8. The Morgan fingerprint density at radius 3 is 1.00 bits per heavy atom. The summed E-state index contributed by atoms with van der Waals surface area (Å²) in [4.78, 5) is 24.9. The van der Waals surface area contributed by atoms with Crippen LogP contribution in [0.2, 0.25) is 0 Å². The molecule has 2 N–H and O–H groups in total. The zero-order valence-electron chi connectivity index (χ0n) is 23.2. The number of rotatable bonds is 15. The second-order valence-electron chi connectivity index (χ2n) is 10.2. The lowest BCUT2D eigenvalue weighted by molar-refractivity contribution is -0.123. The Morgan fingerprint density at radius 1 is 0.450 bits per heavy atom. The van der Waals surface area contributed by atoms with Crippen molar-refractivity contribution in [2.45, 2.75) is 50.4 Å². The van der Waals surface area contributed by atoms with E-state index in [1.165, 1.54) is 22.3 Å². The van der Waals surface area contributed by atoms with Crippen molar-refractivity contribution < 1.29 is 9.59 Å². The number of carbonyl (C=O) groups excluding carboxylic acids is 2. The van der Waals surface area contributed by atoms with E-state index >= 15 is 0 Å². The highest BCUT2D eigenvalue weighted by molar-refractivity contribution is 5.77.